The molecule has 0 saturated heterocycles. The third-order valence-electron chi connectivity index (χ3n) is 3.91. The van der Waals surface area contributed by atoms with Crippen molar-refractivity contribution in [2.24, 2.45) is 0 Å². The number of hydrogen-bond acceptors (Lipinski definition) is 5. The predicted molar refractivity (Wildman–Crippen MR) is 88.7 cm³/mol. The molecule has 0 spiro atoms. The lowest BCUT2D eigenvalue weighted by atomic mass is 9.96. The average Bonchev–Trinajstić information content (AvgIpc) is 2.54. The van der Waals surface area contributed by atoms with Gasteiger partial charge in [0.1, 0.15) is 29.1 Å². The van der Waals surface area contributed by atoms with Gasteiger partial charge in [-0.25, -0.2) is 0 Å². The van der Waals surface area contributed by atoms with Crippen LogP contribution in [0.4, 0.5) is 0 Å². The highest BCUT2D eigenvalue weighted by atomic mass is 16.5. The Balaban J connectivity index is 1.82. The Morgan fingerprint density at radius 2 is 2.04 bits per heavy atom. The first-order chi connectivity index (χ1) is 11.6. The molecule has 1 aliphatic rings. The first kappa shape index (κ1) is 16.2. The molecule has 1 unspecified atom stereocenters. The fraction of sp³-hybridized carbons (Fsp3) is 0.316. The highest BCUT2D eigenvalue weighted by molar-refractivity contribution is 5.69. The van der Waals surface area contributed by atoms with E-state index in [0.717, 1.165) is 24.0 Å². The van der Waals surface area contributed by atoms with E-state index in [-0.39, 0.29) is 17.8 Å². The van der Waals surface area contributed by atoms with Crippen molar-refractivity contribution in [3.8, 4) is 23.0 Å². The lowest BCUT2D eigenvalue weighted by molar-refractivity contribution is -0.131. The second-order valence-electron chi connectivity index (χ2n) is 5.66. The first-order valence-corrected chi connectivity index (χ1v) is 8.00. The van der Waals surface area contributed by atoms with Gasteiger partial charge in [0.25, 0.3) is 0 Å². The SMILES string of the molecule is CCOc1ccc(C2CCc3ccc(OC(C)=O)cc3O2)c(O)c1. The van der Waals surface area contributed by atoms with Gasteiger partial charge < -0.3 is 19.3 Å². The summed E-state index contributed by atoms with van der Waals surface area (Å²) in [4.78, 5) is 11.1. The largest absolute Gasteiger partial charge is 0.507 e. The minimum atomic E-state index is -0.369. The fourth-order valence-corrected chi connectivity index (χ4v) is 2.85. The van der Waals surface area contributed by atoms with E-state index >= 15 is 0 Å². The van der Waals surface area contributed by atoms with Gasteiger partial charge in [0, 0.05) is 24.6 Å². The maximum Gasteiger partial charge on any atom is 0.308 e. The number of benzene rings is 2. The van der Waals surface area contributed by atoms with Gasteiger partial charge in [0.15, 0.2) is 0 Å². The van der Waals surface area contributed by atoms with Crippen molar-refractivity contribution in [1.82, 2.24) is 0 Å². The third-order valence-corrected chi connectivity index (χ3v) is 3.91. The number of fused-ring (bicyclic) bond motifs is 1. The molecular formula is C19H20O5. The number of hydrogen-bond donors (Lipinski definition) is 1. The Labute approximate surface area is 140 Å². The Hall–Kier alpha value is -2.69. The minimum Gasteiger partial charge on any atom is -0.507 e. The molecule has 0 amide bonds. The van der Waals surface area contributed by atoms with Crippen LogP contribution in [-0.2, 0) is 11.2 Å². The standard InChI is InChI=1S/C19H20O5/c1-3-22-14-7-8-16(17(21)10-14)18-9-5-13-4-6-15(23-12(2)20)11-19(13)24-18/h4,6-8,10-11,18,21H,3,5,9H2,1-2H3. The van der Waals surface area contributed by atoms with Gasteiger partial charge >= 0.3 is 5.97 Å². The van der Waals surface area contributed by atoms with Crippen LogP contribution < -0.4 is 14.2 Å². The zero-order chi connectivity index (χ0) is 17.1. The van der Waals surface area contributed by atoms with E-state index in [0.29, 0.717) is 23.9 Å². The second-order valence-corrected chi connectivity index (χ2v) is 5.66. The van der Waals surface area contributed by atoms with Crippen LogP contribution in [0.3, 0.4) is 0 Å². The molecule has 5 nitrogen and oxygen atoms in total. The van der Waals surface area contributed by atoms with E-state index in [4.69, 9.17) is 14.2 Å². The van der Waals surface area contributed by atoms with Crippen LogP contribution in [0.5, 0.6) is 23.0 Å². The van der Waals surface area contributed by atoms with Crippen molar-refractivity contribution >= 4 is 5.97 Å². The molecule has 0 saturated carbocycles. The van der Waals surface area contributed by atoms with Gasteiger partial charge in [0.05, 0.1) is 6.61 Å². The van der Waals surface area contributed by atoms with Crippen molar-refractivity contribution in [3.63, 3.8) is 0 Å². The fourth-order valence-electron chi connectivity index (χ4n) is 2.85. The number of aryl methyl sites for hydroxylation is 1. The lowest BCUT2D eigenvalue weighted by Crippen LogP contribution is -2.15. The summed E-state index contributed by atoms with van der Waals surface area (Å²) in [6, 6.07) is 10.6. The maximum atomic E-state index is 11.1. The highest BCUT2D eigenvalue weighted by Gasteiger charge is 2.24. The molecule has 0 aliphatic carbocycles. The molecule has 1 aliphatic heterocycles. The third kappa shape index (κ3) is 3.45. The molecule has 1 atom stereocenters. The van der Waals surface area contributed by atoms with Crippen LogP contribution in [-0.4, -0.2) is 17.7 Å². The van der Waals surface area contributed by atoms with E-state index in [1.807, 2.05) is 25.1 Å². The van der Waals surface area contributed by atoms with Gasteiger partial charge in [-0.1, -0.05) is 6.07 Å². The van der Waals surface area contributed by atoms with Crippen molar-refractivity contribution in [3.05, 3.63) is 47.5 Å². The Bertz CT molecular complexity index is 753. The molecule has 5 heteroatoms. The normalized spacial score (nSPS) is 16.0. The molecule has 3 rings (SSSR count). The molecule has 0 bridgehead atoms. The summed E-state index contributed by atoms with van der Waals surface area (Å²) in [5.41, 5.74) is 1.79. The number of phenolic OH excluding ortho intramolecular Hbond substituents is 1. The number of ether oxygens (including phenoxy) is 3. The number of carbonyl (C=O) groups is 1. The van der Waals surface area contributed by atoms with E-state index < -0.39 is 0 Å². The molecule has 0 aromatic heterocycles. The molecule has 0 fully saturated rings. The second kappa shape index (κ2) is 6.83. The summed E-state index contributed by atoms with van der Waals surface area (Å²) in [6.07, 6.45) is 1.34. The maximum absolute atomic E-state index is 11.1. The molecular weight excluding hydrogens is 308 g/mol. The van der Waals surface area contributed by atoms with Crippen molar-refractivity contribution in [2.75, 3.05) is 6.61 Å². The summed E-state index contributed by atoms with van der Waals surface area (Å²) >= 11 is 0. The van der Waals surface area contributed by atoms with Gasteiger partial charge in [-0.2, -0.15) is 0 Å². The summed E-state index contributed by atoms with van der Waals surface area (Å²) < 4.78 is 16.5. The van der Waals surface area contributed by atoms with Gasteiger partial charge in [-0.3, -0.25) is 4.79 Å². The van der Waals surface area contributed by atoms with Crippen molar-refractivity contribution in [2.45, 2.75) is 32.8 Å². The summed E-state index contributed by atoms with van der Waals surface area (Å²) in [5.74, 6) is 1.56. The molecule has 24 heavy (non-hydrogen) atoms. The van der Waals surface area contributed by atoms with Crippen LogP contribution in [0.25, 0.3) is 0 Å². The number of aromatic hydroxyl groups is 1. The Kier molecular flexibility index (Phi) is 4.60. The van der Waals surface area contributed by atoms with Crippen LogP contribution >= 0.6 is 0 Å². The molecule has 0 radical (unpaired) electrons. The average molecular weight is 328 g/mol. The van der Waals surface area contributed by atoms with E-state index in [2.05, 4.69) is 0 Å². The van der Waals surface area contributed by atoms with Crippen LogP contribution in [0.2, 0.25) is 0 Å². The quantitative estimate of drug-likeness (QED) is 0.683. The van der Waals surface area contributed by atoms with Gasteiger partial charge in [0.2, 0.25) is 0 Å². The highest BCUT2D eigenvalue weighted by Crippen LogP contribution is 2.40. The summed E-state index contributed by atoms with van der Waals surface area (Å²) in [5, 5.41) is 10.3. The van der Waals surface area contributed by atoms with E-state index in [1.165, 1.54) is 6.92 Å². The van der Waals surface area contributed by atoms with E-state index in [9.17, 15) is 9.90 Å². The smallest absolute Gasteiger partial charge is 0.308 e. The van der Waals surface area contributed by atoms with Gasteiger partial charge in [-0.05, 0) is 43.5 Å². The van der Waals surface area contributed by atoms with Crippen molar-refractivity contribution < 1.29 is 24.1 Å². The summed E-state index contributed by atoms with van der Waals surface area (Å²) in [7, 11) is 0. The number of phenols is 1. The predicted octanol–water partition coefficient (Wildman–Crippen LogP) is 3.78. The Morgan fingerprint density at radius 1 is 1.25 bits per heavy atom. The van der Waals surface area contributed by atoms with E-state index in [1.54, 1.807) is 18.2 Å². The molecule has 1 N–H and O–H groups in total. The Morgan fingerprint density at radius 3 is 2.75 bits per heavy atom. The van der Waals surface area contributed by atoms with Crippen LogP contribution in [0.15, 0.2) is 36.4 Å². The topological polar surface area (TPSA) is 65.0 Å². The molecule has 1 heterocycles. The first-order valence-electron chi connectivity index (χ1n) is 8.00. The molecule has 2 aromatic rings. The lowest BCUT2D eigenvalue weighted by Gasteiger charge is -2.27. The summed E-state index contributed by atoms with van der Waals surface area (Å²) in [6.45, 7) is 3.80. The molecule has 2 aromatic carbocycles. The number of esters is 1. The van der Waals surface area contributed by atoms with Crippen molar-refractivity contribution in [1.29, 1.82) is 0 Å². The molecule has 126 valence electrons. The van der Waals surface area contributed by atoms with Crippen LogP contribution in [0.1, 0.15) is 37.5 Å². The van der Waals surface area contributed by atoms with Gasteiger partial charge in [-0.15, -0.1) is 0 Å². The number of rotatable bonds is 4. The zero-order valence-corrected chi connectivity index (χ0v) is 13.7. The van der Waals surface area contributed by atoms with Crippen LogP contribution in [0, 0.1) is 0 Å². The number of carbonyl (C=O) groups excluding carboxylic acids is 1. The zero-order valence-electron chi connectivity index (χ0n) is 13.7. The minimum absolute atomic E-state index is 0.158. The monoisotopic (exact) mass is 328 g/mol.